The number of alkyl halides is 3. The Morgan fingerprint density at radius 1 is 1.00 bits per heavy atom. The summed E-state index contributed by atoms with van der Waals surface area (Å²) in [6, 6.07) is 14.4. The number of nitrogens with one attached hydrogen (secondary N) is 1. The van der Waals surface area contributed by atoms with Gasteiger partial charge in [0.05, 0.1) is 0 Å². The first-order valence-corrected chi connectivity index (χ1v) is 15.5. The van der Waals surface area contributed by atoms with E-state index in [9.17, 15) is 22.4 Å². The average molecular weight is 607 g/mol. The van der Waals surface area contributed by atoms with Gasteiger partial charge in [0.25, 0.3) is 0 Å². The fourth-order valence-electron chi connectivity index (χ4n) is 6.15. The van der Waals surface area contributed by atoms with Gasteiger partial charge in [-0.15, -0.1) is 13.2 Å². The molecule has 2 aliphatic rings. The van der Waals surface area contributed by atoms with E-state index in [1.54, 1.807) is 24.3 Å². The maximum atomic E-state index is 13.4. The maximum Gasteiger partial charge on any atom is 0.573 e. The lowest BCUT2D eigenvalue weighted by Crippen LogP contribution is -2.23. The topological polar surface area (TPSA) is 54.5 Å². The fourth-order valence-corrected chi connectivity index (χ4v) is 6.15. The van der Waals surface area contributed by atoms with Crippen molar-refractivity contribution in [1.82, 2.24) is 4.98 Å². The molecule has 2 heterocycles. The second-order valence-electron chi connectivity index (χ2n) is 11.8. The number of allylic oxidation sites excluding steroid dienone is 3. The highest BCUT2D eigenvalue weighted by Gasteiger charge is 2.31. The van der Waals surface area contributed by atoms with Crippen molar-refractivity contribution in [2.45, 2.75) is 83.4 Å². The van der Waals surface area contributed by atoms with Crippen LogP contribution in [-0.2, 0) is 11.2 Å². The van der Waals surface area contributed by atoms with Gasteiger partial charge in [-0.3, -0.25) is 4.79 Å². The molecular weight excluding hydrogens is 568 g/mol. The number of ether oxygens (including phenoxy) is 1. The van der Waals surface area contributed by atoms with E-state index in [1.807, 2.05) is 6.20 Å². The van der Waals surface area contributed by atoms with Crippen molar-refractivity contribution in [1.29, 1.82) is 0 Å². The number of hydrogen-bond donors (Lipinski definition) is 1. The predicted octanol–water partition coefficient (Wildman–Crippen LogP) is 8.68. The minimum Gasteiger partial charge on any atom is -0.406 e. The summed E-state index contributed by atoms with van der Waals surface area (Å²) in [4.78, 5) is 20.5. The highest BCUT2D eigenvalue weighted by Crippen LogP contribution is 2.31. The minimum absolute atomic E-state index is 0.235. The number of benzene rings is 2. The van der Waals surface area contributed by atoms with Crippen LogP contribution in [0, 0.1) is 11.7 Å². The molecule has 1 fully saturated rings. The number of H-pyrrole nitrogens is 1. The fraction of sp³-hybridized carbons (Fsp3) is 0.389. The molecule has 4 nitrogen and oxygen atoms in total. The number of halogens is 4. The van der Waals surface area contributed by atoms with Crippen LogP contribution in [0.15, 0.2) is 83.5 Å². The Kier molecular flexibility index (Phi) is 10.5. The van der Waals surface area contributed by atoms with Crippen LogP contribution in [0.1, 0.15) is 76.2 Å². The van der Waals surface area contributed by atoms with Crippen molar-refractivity contribution in [3.63, 3.8) is 0 Å². The lowest BCUT2D eigenvalue weighted by molar-refractivity contribution is -0.274. The van der Waals surface area contributed by atoms with Crippen LogP contribution < -0.4 is 15.4 Å². The summed E-state index contributed by atoms with van der Waals surface area (Å²) >= 11 is 0. The molecule has 0 bridgehead atoms. The van der Waals surface area contributed by atoms with E-state index in [0.29, 0.717) is 31.6 Å². The number of carbonyl (C=O) groups is 1. The van der Waals surface area contributed by atoms with Crippen molar-refractivity contribution in [2.75, 3.05) is 0 Å². The van der Waals surface area contributed by atoms with E-state index in [-0.39, 0.29) is 17.3 Å². The van der Waals surface area contributed by atoms with Crippen molar-refractivity contribution < 1.29 is 27.1 Å². The number of aryl methyl sites for hydroxylation is 1. The smallest absolute Gasteiger partial charge is 0.406 e. The summed E-state index contributed by atoms with van der Waals surface area (Å²) in [5.74, 6) is 0.380. The van der Waals surface area contributed by atoms with Gasteiger partial charge in [0.2, 0.25) is 0 Å². The van der Waals surface area contributed by atoms with Gasteiger partial charge < -0.3 is 9.72 Å². The van der Waals surface area contributed by atoms with Gasteiger partial charge in [0, 0.05) is 30.0 Å². The molecule has 1 saturated carbocycles. The van der Waals surface area contributed by atoms with Gasteiger partial charge in [-0.05, 0) is 116 Å². The van der Waals surface area contributed by atoms with Gasteiger partial charge in [-0.1, -0.05) is 42.7 Å². The Morgan fingerprint density at radius 3 is 2.55 bits per heavy atom. The zero-order chi connectivity index (χ0) is 30.9. The molecule has 0 spiro atoms. The zero-order valence-electron chi connectivity index (χ0n) is 24.8. The van der Waals surface area contributed by atoms with E-state index < -0.39 is 6.36 Å². The number of rotatable bonds is 11. The lowest BCUT2D eigenvalue weighted by atomic mass is 9.93. The van der Waals surface area contributed by atoms with Crippen LogP contribution in [0.2, 0.25) is 0 Å². The van der Waals surface area contributed by atoms with Gasteiger partial charge in [0.1, 0.15) is 22.8 Å². The van der Waals surface area contributed by atoms with Crippen molar-refractivity contribution in [2.24, 2.45) is 10.9 Å². The molecule has 1 aliphatic heterocycles. The second kappa shape index (κ2) is 14.7. The Morgan fingerprint density at radius 2 is 1.77 bits per heavy atom. The molecular formula is C36H38F4N2O2. The number of carbonyl (C=O) groups excluding carboxylic acids is 1. The number of ketones is 1. The highest BCUT2D eigenvalue weighted by molar-refractivity contribution is 5.78. The summed E-state index contributed by atoms with van der Waals surface area (Å²) in [6.07, 6.45) is 12.3. The van der Waals surface area contributed by atoms with Gasteiger partial charge in [-0.25, -0.2) is 9.38 Å². The first-order chi connectivity index (χ1) is 21.2. The molecule has 1 N–H and O–H groups in total. The number of fused-ring (bicyclic) bond motifs is 1. The van der Waals surface area contributed by atoms with E-state index in [0.717, 1.165) is 72.5 Å². The zero-order valence-corrected chi connectivity index (χ0v) is 24.8. The SMILES string of the molecule is O=C(CCCc1ccc(OC(F)(F)F)cc1)CCCC1CCCC(=CC2=c3cc(-c4ccc(F)cc4)[nH]c3=NC=CC2)CC1. The van der Waals surface area contributed by atoms with Crippen LogP contribution in [0.3, 0.4) is 0 Å². The molecule has 5 rings (SSSR count). The van der Waals surface area contributed by atoms with Gasteiger partial charge >= 0.3 is 6.36 Å². The van der Waals surface area contributed by atoms with Crippen LogP contribution >= 0.6 is 0 Å². The molecule has 0 radical (unpaired) electrons. The van der Waals surface area contributed by atoms with Crippen LogP contribution in [0.4, 0.5) is 17.6 Å². The molecule has 1 aliphatic carbocycles. The Balaban J connectivity index is 1.08. The lowest BCUT2D eigenvalue weighted by Gasteiger charge is -2.13. The molecule has 0 amide bonds. The summed E-state index contributed by atoms with van der Waals surface area (Å²) in [5, 5.41) is 1.09. The Bertz CT molecular complexity index is 1600. The van der Waals surface area contributed by atoms with Gasteiger partial charge in [-0.2, -0.15) is 0 Å². The Labute approximate surface area is 255 Å². The molecule has 0 saturated heterocycles. The number of aromatic amines is 1. The Hall–Kier alpha value is -3.94. The van der Waals surface area contributed by atoms with Crippen molar-refractivity contribution in [3.8, 4) is 17.0 Å². The summed E-state index contributed by atoms with van der Waals surface area (Å²) in [5.41, 5.74) is 6.27. The highest BCUT2D eigenvalue weighted by atomic mass is 19.4. The van der Waals surface area contributed by atoms with Crippen molar-refractivity contribution >= 4 is 11.4 Å². The quantitative estimate of drug-likeness (QED) is 0.175. The second-order valence-corrected chi connectivity index (χ2v) is 11.8. The largest absolute Gasteiger partial charge is 0.573 e. The molecule has 2 aromatic carbocycles. The third kappa shape index (κ3) is 9.28. The average Bonchev–Trinajstić information content (AvgIpc) is 3.15. The van der Waals surface area contributed by atoms with Crippen LogP contribution in [0.25, 0.3) is 16.8 Å². The monoisotopic (exact) mass is 606 g/mol. The molecule has 1 atom stereocenters. The van der Waals surface area contributed by atoms with E-state index in [2.05, 4.69) is 32.9 Å². The number of nitrogens with zero attached hydrogens (tertiary/aromatic N) is 1. The van der Waals surface area contributed by atoms with Gasteiger partial charge in [0.15, 0.2) is 0 Å². The van der Waals surface area contributed by atoms with Crippen molar-refractivity contribution in [3.05, 3.63) is 101 Å². The predicted molar refractivity (Wildman–Crippen MR) is 164 cm³/mol. The first kappa shape index (κ1) is 31.5. The standard InChI is InChI=1S/C36H38F4N2O2/c37-30-18-16-28(17-19-30)34-24-33-29(9-4-22-41-35(33)42-34)23-27-8-1-5-25(12-13-27)6-2-10-31(43)11-3-7-26-14-20-32(21-15-26)44-36(38,39)40/h4,14-25H,1-3,5-13H2,(H,41,42). The van der Waals surface area contributed by atoms with Crippen LogP contribution in [-0.4, -0.2) is 17.1 Å². The molecule has 1 aromatic heterocycles. The molecule has 1 unspecified atom stereocenters. The normalized spacial score (nSPS) is 18.0. The number of Topliss-reactive ketones (excluding diaryl/α,β-unsaturated/α-hetero) is 1. The molecule has 232 valence electrons. The summed E-state index contributed by atoms with van der Waals surface area (Å²) in [6.45, 7) is 0. The number of hydrogen-bond acceptors (Lipinski definition) is 3. The van der Waals surface area contributed by atoms with Crippen LogP contribution in [0.5, 0.6) is 5.75 Å². The molecule has 3 aromatic rings. The first-order valence-electron chi connectivity index (χ1n) is 15.5. The van der Waals surface area contributed by atoms with E-state index in [1.165, 1.54) is 41.8 Å². The molecule has 44 heavy (non-hydrogen) atoms. The van der Waals surface area contributed by atoms with E-state index in [4.69, 9.17) is 0 Å². The summed E-state index contributed by atoms with van der Waals surface area (Å²) in [7, 11) is 0. The third-order valence-electron chi connectivity index (χ3n) is 8.45. The molecule has 8 heteroatoms. The summed E-state index contributed by atoms with van der Waals surface area (Å²) < 4.78 is 54.3. The third-order valence-corrected chi connectivity index (χ3v) is 8.45. The van der Waals surface area contributed by atoms with E-state index >= 15 is 0 Å². The number of aromatic nitrogens is 1. The maximum absolute atomic E-state index is 13.4. The minimum atomic E-state index is -4.70.